The molecule has 1 fully saturated rings. The topological polar surface area (TPSA) is 118 Å². The summed E-state index contributed by atoms with van der Waals surface area (Å²) < 4.78 is 0. The standard InChI is InChI=1S/C9H13N5O3/c10-9-11-3-7(14(16)17)8(12-9)13-2-1-6(4-13)5-15/h3,6,15H,1-2,4-5H2,(H2,10,11,12). The van der Waals surface area contributed by atoms with E-state index in [4.69, 9.17) is 10.8 Å². The van der Waals surface area contributed by atoms with Crippen LogP contribution < -0.4 is 10.6 Å². The van der Waals surface area contributed by atoms with Gasteiger partial charge in [0.1, 0.15) is 6.20 Å². The lowest BCUT2D eigenvalue weighted by atomic mass is 10.1. The second-order valence-electron chi connectivity index (χ2n) is 3.98. The highest BCUT2D eigenvalue weighted by molar-refractivity contribution is 5.58. The van der Waals surface area contributed by atoms with Crippen LogP contribution in [0, 0.1) is 16.0 Å². The quantitative estimate of drug-likeness (QED) is 0.553. The Morgan fingerprint density at radius 1 is 1.71 bits per heavy atom. The highest BCUT2D eigenvalue weighted by Gasteiger charge is 2.29. The van der Waals surface area contributed by atoms with E-state index in [2.05, 4.69) is 9.97 Å². The normalized spacial score (nSPS) is 19.6. The number of aliphatic hydroxyl groups is 1. The maximum Gasteiger partial charge on any atom is 0.329 e. The number of hydrogen-bond donors (Lipinski definition) is 2. The molecule has 17 heavy (non-hydrogen) atoms. The van der Waals surface area contributed by atoms with Gasteiger partial charge in [0.2, 0.25) is 11.8 Å². The van der Waals surface area contributed by atoms with Crippen LogP contribution in [0.5, 0.6) is 0 Å². The van der Waals surface area contributed by atoms with E-state index >= 15 is 0 Å². The Kier molecular flexibility index (Phi) is 3.05. The molecule has 0 spiro atoms. The lowest BCUT2D eigenvalue weighted by Gasteiger charge is -2.16. The molecule has 0 aromatic carbocycles. The molecule has 1 atom stereocenters. The smallest absolute Gasteiger partial charge is 0.329 e. The Morgan fingerprint density at radius 3 is 3.06 bits per heavy atom. The molecule has 0 aliphatic carbocycles. The van der Waals surface area contributed by atoms with Crippen molar-refractivity contribution in [1.29, 1.82) is 0 Å². The molecule has 92 valence electrons. The molecule has 1 aromatic heterocycles. The predicted octanol–water partition coefficient (Wildman–Crippen LogP) is -0.214. The molecule has 0 bridgehead atoms. The Morgan fingerprint density at radius 2 is 2.47 bits per heavy atom. The van der Waals surface area contributed by atoms with Crippen molar-refractivity contribution in [3.05, 3.63) is 16.3 Å². The van der Waals surface area contributed by atoms with Crippen molar-refractivity contribution in [1.82, 2.24) is 9.97 Å². The van der Waals surface area contributed by atoms with Crippen molar-refractivity contribution in [2.75, 3.05) is 30.3 Å². The summed E-state index contributed by atoms with van der Waals surface area (Å²) in [6, 6.07) is 0. The van der Waals surface area contributed by atoms with E-state index < -0.39 is 4.92 Å². The summed E-state index contributed by atoms with van der Waals surface area (Å²) in [5.74, 6) is 0.377. The molecule has 1 aliphatic rings. The molecule has 1 aromatic rings. The lowest BCUT2D eigenvalue weighted by molar-refractivity contribution is -0.384. The summed E-state index contributed by atoms with van der Waals surface area (Å²) in [6.45, 7) is 1.25. The summed E-state index contributed by atoms with van der Waals surface area (Å²) in [4.78, 5) is 19.6. The molecule has 1 saturated heterocycles. The van der Waals surface area contributed by atoms with E-state index in [-0.39, 0.29) is 30.0 Å². The molecule has 0 amide bonds. The van der Waals surface area contributed by atoms with Crippen LogP contribution in [0.4, 0.5) is 17.5 Å². The molecule has 2 heterocycles. The molecule has 1 unspecified atom stereocenters. The lowest BCUT2D eigenvalue weighted by Crippen LogP contribution is -2.23. The first kappa shape index (κ1) is 11.5. The van der Waals surface area contributed by atoms with Crippen molar-refractivity contribution in [2.24, 2.45) is 5.92 Å². The predicted molar refractivity (Wildman–Crippen MR) is 60.5 cm³/mol. The Hall–Kier alpha value is -1.96. The van der Waals surface area contributed by atoms with Gasteiger partial charge < -0.3 is 15.7 Å². The van der Waals surface area contributed by atoms with Crippen molar-refractivity contribution >= 4 is 17.5 Å². The van der Waals surface area contributed by atoms with Crippen molar-refractivity contribution in [3.63, 3.8) is 0 Å². The number of nitrogen functional groups attached to an aromatic ring is 1. The minimum absolute atomic E-state index is 0.0121. The van der Waals surface area contributed by atoms with Crippen molar-refractivity contribution < 1.29 is 10.0 Å². The third kappa shape index (κ3) is 2.26. The molecular formula is C9H13N5O3. The van der Waals surface area contributed by atoms with E-state index in [1.165, 1.54) is 0 Å². The second kappa shape index (κ2) is 4.50. The SMILES string of the molecule is Nc1ncc([N+](=O)[O-])c(N2CCC(CO)C2)n1. The molecule has 0 radical (unpaired) electrons. The fourth-order valence-electron chi connectivity index (χ4n) is 1.92. The van der Waals surface area contributed by atoms with Gasteiger partial charge in [-0.2, -0.15) is 4.98 Å². The van der Waals surface area contributed by atoms with Crippen LogP contribution in [-0.2, 0) is 0 Å². The van der Waals surface area contributed by atoms with Gasteiger partial charge in [0.15, 0.2) is 0 Å². The first-order valence-electron chi connectivity index (χ1n) is 5.24. The summed E-state index contributed by atoms with van der Waals surface area (Å²) in [7, 11) is 0. The molecule has 3 N–H and O–H groups in total. The number of aromatic nitrogens is 2. The summed E-state index contributed by atoms with van der Waals surface area (Å²) in [6.07, 6.45) is 1.90. The number of rotatable bonds is 3. The fourth-order valence-corrected chi connectivity index (χ4v) is 1.92. The van der Waals surface area contributed by atoms with Gasteiger partial charge in [-0.25, -0.2) is 4.98 Å². The molecule has 0 saturated carbocycles. The van der Waals surface area contributed by atoms with Gasteiger partial charge in [-0.05, 0) is 6.42 Å². The third-order valence-electron chi connectivity index (χ3n) is 2.81. The molecule has 8 heteroatoms. The minimum Gasteiger partial charge on any atom is -0.396 e. The maximum atomic E-state index is 10.8. The average Bonchev–Trinajstić information content (AvgIpc) is 2.76. The van der Waals surface area contributed by atoms with E-state index in [0.717, 1.165) is 12.6 Å². The van der Waals surface area contributed by atoms with Gasteiger partial charge in [-0.15, -0.1) is 0 Å². The zero-order valence-corrected chi connectivity index (χ0v) is 9.11. The van der Waals surface area contributed by atoms with E-state index in [1.807, 2.05) is 0 Å². The second-order valence-corrected chi connectivity index (χ2v) is 3.98. The zero-order valence-electron chi connectivity index (χ0n) is 9.11. The number of nitrogens with two attached hydrogens (primary N) is 1. The zero-order chi connectivity index (χ0) is 12.4. The minimum atomic E-state index is -0.527. The van der Waals surface area contributed by atoms with Crippen LogP contribution in [-0.4, -0.2) is 39.7 Å². The van der Waals surface area contributed by atoms with Crippen LogP contribution in [0.25, 0.3) is 0 Å². The highest BCUT2D eigenvalue weighted by Crippen LogP contribution is 2.29. The Bertz CT molecular complexity index is 439. The van der Waals surface area contributed by atoms with Crippen LogP contribution in [0.2, 0.25) is 0 Å². The third-order valence-corrected chi connectivity index (χ3v) is 2.81. The number of anilines is 2. The number of nitro groups is 1. The number of aliphatic hydroxyl groups excluding tert-OH is 1. The summed E-state index contributed by atoms with van der Waals surface area (Å²) >= 11 is 0. The van der Waals surface area contributed by atoms with Gasteiger partial charge in [-0.1, -0.05) is 0 Å². The van der Waals surface area contributed by atoms with Gasteiger partial charge >= 0.3 is 5.69 Å². The molecule has 8 nitrogen and oxygen atoms in total. The summed E-state index contributed by atoms with van der Waals surface area (Å²) in [5, 5.41) is 19.9. The summed E-state index contributed by atoms with van der Waals surface area (Å²) in [5.41, 5.74) is 5.29. The molecule has 2 rings (SSSR count). The highest BCUT2D eigenvalue weighted by atomic mass is 16.6. The monoisotopic (exact) mass is 239 g/mol. The van der Waals surface area contributed by atoms with E-state index in [1.54, 1.807) is 4.90 Å². The van der Waals surface area contributed by atoms with Crippen LogP contribution in [0.3, 0.4) is 0 Å². The Labute approximate surface area is 97.2 Å². The van der Waals surface area contributed by atoms with Crippen LogP contribution in [0.15, 0.2) is 6.20 Å². The first-order chi connectivity index (χ1) is 8.11. The maximum absolute atomic E-state index is 10.8. The van der Waals surface area contributed by atoms with Gasteiger partial charge in [-0.3, -0.25) is 10.1 Å². The van der Waals surface area contributed by atoms with Crippen LogP contribution >= 0.6 is 0 Å². The number of hydrogen-bond acceptors (Lipinski definition) is 7. The van der Waals surface area contributed by atoms with Gasteiger partial charge in [0.05, 0.1) is 4.92 Å². The molecular weight excluding hydrogens is 226 g/mol. The van der Waals surface area contributed by atoms with Crippen LogP contribution in [0.1, 0.15) is 6.42 Å². The van der Waals surface area contributed by atoms with Gasteiger partial charge in [0, 0.05) is 25.6 Å². The van der Waals surface area contributed by atoms with E-state index in [0.29, 0.717) is 13.1 Å². The van der Waals surface area contributed by atoms with E-state index in [9.17, 15) is 10.1 Å². The molecule has 1 aliphatic heterocycles. The number of nitrogens with zero attached hydrogens (tertiary/aromatic N) is 4. The first-order valence-corrected chi connectivity index (χ1v) is 5.24. The largest absolute Gasteiger partial charge is 0.396 e. The fraction of sp³-hybridized carbons (Fsp3) is 0.556. The van der Waals surface area contributed by atoms with Gasteiger partial charge in [0.25, 0.3) is 0 Å². The Balaban J connectivity index is 2.31. The van der Waals surface area contributed by atoms with Crippen molar-refractivity contribution in [2.45, 2.75) is 6.42 Å². The average molecular weight is 239 g/mol. The van der Waals surface area contributed by atoms with Crippen molar-refractivity contribution in [3.8, 4) is 0 Å².